The maximum atomic E-state index is 13.7. The number of amides is 1. The van der Waals surface area contributed by atoms with Crippen molar-refractivity contribution in [3.05, 3.63) is 48.0 Å². The van der Waals surface area contributed by atoms with Crippen molar-refractivity contribution < 1.29 is 23.5 Å². The van der Waals surface area contributed by atoms with Gasteiger partial charge in [-0.15, -0.1) is 0 Å². The summed E-state index contributed by atoms with van der Waals surface area (Å²) in [5.74, 6) is -0.678. The second-order valence-corrected chi connectivity index (χ2v) is 5.97. The van der Waals surface area contributed by atoms with Crippen LogP contribution in [0.1, 0.15) is 25.0 Å². The van der Waals surface area contributed by atoms with Gasteiger partial charge in [0.2, 0.25) is 5.91 Å². The highest BCUT2D eigenvalue weighted by Gasteiger charge is 2.37. The minimum Gasteiger partial charge on any atom is -0.480 e. The Bertz CT molecular complexity index is 751. The first kappa shape index (κ1) is 16.2. The van der Waals surface area contributed by atoms with Crippen LogP contribution in [-0.2, 0) is 16.0 Å². The third-order valence-electron chi connectivity index (χ3n) is 4.08. The molecule has 0 spiro atoms. The number of nitrogens with one attached hydrogen (secondary N) is 1. The summed E-state index contributed by atoms with van der Waals surface area (Å²) in [6.45, 7) is 0. The van der Waals surface area contributed by atoms with Crippen LogP contribution in [0.4, 0.5) is 4.39 Å². The Morgan fingerprint density at radius 1 is 1.25 bits per heavy atom. The van der Waals surface area contributed by atoms with Crippen molar-refractivity contribution in [2.24, 2.45) is 5.92 Å². The van der Waals surface area contributed by atoms with E-state index in [1.165, 1.54) is 6.07 Å². The van der Waals surface area contributed by atoms with Gasteiger partial charge in [0.05, 0.1) is 5.56 Å². The third-order valence-corrected chi connectivity index (χ3v) is 4.08. The van der Waals surface area contributed by atoms with Crippen molar-refractivity contribution >= 4 is 11.9 Å². The second kappa shape index (κ2) is 6.86. The molecule has 1 atom stereocenters. The van der Waals surface area contributed by atoms with Crippen LogP contribution in [0, 0.1) is 11.7 Å². The zero-order valence-corrected chi connectivity index (χ0v) is 13.0. The number of carbonyl (C=O) groups excluding carboxylic acids is 1. The zero-order chi connectivity index (χ0) is 17.1. The molecular formula is C18H18FNO4. The number of carboxylic acids is 1. The molecule has 1 aliphatic carbocycles. The van der Waals surface area contributed by atoms with E-state index in [1.54, 1.807) is 30.3 Å². The van der Waals surface area contributed by atoms with Crippen molar-refractivity contribution in [3.8, 4) is 11.3 Å². The first-order chi connectivity index (χ1) is 11.5. The zero-order valence-electron chi connectivity index (χ0n) is 13.0. The molecule has 1 heterocycles. The fourth-order valence-corrected chi connectivity index (χ4v) is 2.61. The lowest BCUT2D eigenvalue weighted by Gasteiger charge is -2.13. The van der Waals surface area contributed by atoms with E-state index in [2.05, 4.69) is 5.32 Å². The molecule has 1 aliphatic rings. The Hall–Kier alpha value is -2.63. The standard InChI is InChI=1S/C18H18FNO4/c19-14-4-2-1-3-13(14)15-9-7-12(24-15)8-10-16(21)20-17(18(22)23)11-5-6-11/h1-4,7,9,11,17H,5-6,8,10H2,(H,20,21)(H,22,23). The first-order valence-electron chi connectivity index (χ1n) is 7.90. The minimum absolute atomic E-state index is 0.0442. The molecule has 1 unspecified atom stereocenters. The van der Waals surface area contributed by atoms with Gasteiger partial charge in [-0.2, -0.15) is 0 Å². The van der Waals surface area contributed by atoms with Crippen LogP contribution < -0.4 is 5.32 Å². The van der Waals surface area contributed by atoms with E-state index in [0.29, 0.717) is 23.5 Å². The number of hydrogen-bond donors (Lipinski definition) is 2. The van der Waals surface area contributed by atoms with Gasteiger partial charge in [-0.25, -0.2) is 9.18 Å². The average Bonchev–Trinajstić information content (AvgIpc) is 3.28. The largest absolute Gasteiger partial charge is 0.480 e. The molecule has 24 heavy (non-hydrogen) atoms. The van der Waals surface area contributed by atoms with Gasteiger partial charge in [-0.05, 0) is 43.0 Å². The molecule has 5 nitrogen and oxygen atoms in total. The second-order valence-electron chi connectivity index (χ2n) is 5.97. The van der Waals surface area contributed by atoms with Crippen molar-refractivity contribution in [2.75, 3.05) is 0 Å². The summed E-state index contributed by atoms with van der Waals surface area (Å²) in [6, 6.07) is 8.86. The maximum absolute atomic E-state index is 13.7. The predicted molar refractivity (Wildman–Crippen MR) is 84.7 cm³/mol. The van der Waals surface area contributed by atoms with Gasteiger partial charge in [-0.3, -0.25) is 4.79 Å². The quantitative estimate of drug-likeness (QED) is 0.817. The summed E-state index contributed by atoms with van der Waals surface area (Å²) >= 11 is 0. The van der Waals surface area contributed by atoms with Gasteiger partial charge in [-0.1, -0.05) is 12.1 Å². The molecule has 0 saturated heterocycles. The van der Waals surface area contributed by atoms with Gasteiger partial charge in [0, 0.05) is 12.8 Å². The fourth-order valence-electron chi connectivity index (χ4n) is 2.61. The normalized spacial score (nSPS) is 15.0. The topological polar surface area (TPSA) is 79.5 Å². The average molecular weight is 331 g/mol. The molecule has 0 bridgehead atoms. The number of rotatable bonds is 7. The van der Waals surface area contributed by atoms with Gasteiger partial charge in [0.1, 0.15) is 23.4 Å². The number of halogens is 1. The molecule has 1 aromatic heterocycles. The molecule has 1 saturated carbocycles. The summed E-state index contributed by atoms with van der Waals surface area (Å²) in [5.41, 5.74) is 0.368. The molecule has 2 aromatic rings. The molecule has 0 radical (unpaired) electrons. The Morgan fingerprint density at radius 3 is 2.67 bits per heavy atom. The molecule has 0 aliphatic heterocycles. The number of hydrogen-bond acceptors (Lipinski definition) is 3. The number of carbonyl (C=O) groups is 2. The molecule has 3 rings (SSSR count). The monoisotopic (exact) mass is 331 g/mol. The molecule has 126 valence electrons. The van der Waals surface area contributed by atoms with E-state index in [1.807, 2.05) is 0 Å². The Kier molecular flexibility index (Phi) is 4.64. The van der Waals surface area contributed by atoms with Gasteiger partial charge in [0.25, 0.3) is 0 Å². The van der Waals surface area contributed by atoms with Crippen LogP contribution in [0.5, 0.6) is 0 Å². The van der Waals surface area contributed by atoms with Crippen molar-refractivity contribution in [1.82, 2.24) is 5.32 Å². The summed E-state index contributed by atoms with van der Waals surface area (Å²) in [6.07, 6.45) is 2.13. The van der Waals surface area contributed by atoms with Gasteiger partial charge in [0.15, 0.2) is 0 Å². The van der Waals surface area contributed by atoms with Gasteiger partial charge >= 0.3 is 5.97 Å². The smallest absolute Gasteiger partial charge is 0.326 e. The molecule has 1 fully saturated rings. The highest BCUT2D eigenvalue weighted by atomic mass is 19.1. The SMILES string of the molecule is O=C(CCc1ccc(-c2ccccc2F)o1)NC(C(=O)O)C1CC1. The maximum Gasteiger partial charge on any atom is 0.326 e. The molecular weight excluding hydrogens is 313 g/mol. The number of aliphatic carboxylic acids is 1. The van der Waals surface area contributed by atoms with Crippen LogP contribution >= 0.6 is 0 Å². The molecule has 1 amide bonds. The van der Waals surface area contributed by atoms with Crippen LogP contribution in [0.25, 0.3) is 11.3 Å². The highest BCUT2D eigenvalue weighted by Crippen LogP contribution is 2.32. The van der Waals surface area contributed by atoms with E-state index >= 15 is 0 Å². The van der Waals surface area contributed by atoms with E-state index in [0.717, 1.165) is 12.8 Å². The predicted octanol–water partition coefficient (Wildman–Crippen LogP) is 3.00. The van der Waals surface area contributed by atoms with Crippen LogP contribution in [0.3, 0.4) is 0 Å². The molecule has 6 heteroatoms. The van der Waals surface area contributed by atoms with Crippen molar-refractivity contribution in [2.45, 2.75) is 31.7 Å². The van der Waals surface area contributed by atoms with Crippen LogP contribution in [0.15, 0.2) is 40.8 Å². The Morgan fingerprint density at radius 2 is 2.00 bits per heavy atom. The number of aryl methyl sites for hydroxylation is 1. The van der Waals surface area contributed by atoms with Crippen molar-refractivity contribution in [3.63, 3.8) is 0 Å². The lowest BCUT2D eigenvalue weighted by molar-refractivity contribution is -0.142. The minimum atomic E-state index is -0.995. The lowest BCUT2D eigenvalue weighted by atomic mass is 10.1. The highest BCUT2D eigenvalue weighted by molar-refractivity contribution is 5.84. The van der Waals surface area contributed by atoms with Crippen LogP contribution in [0.2, 0.25) is 0 Å². The Labute approximate surface area is 138 Å². The first-order valence-corrected chi connectivity index (χ1v) is 7.90. The van der Waals surface area contributed by atoms with E-state index < -0.39 is 12.0 Å². The number of furan rings is 1. The summed E-state index contributed by atoms with van der Waals surface area (Å²) in [5, 5.41) is 11.7. The number of benzene rings is 1. The van der Waals surface area contributed by atoms with Crippen LogP contribution in [-0.4, -0.2) is 23.0 Å². The molecule has 1 aromatic carbocycles. The third kappa shape index (κ3) is 3.82. The van der Waals surface area contributed by atoms with E-state index in [9.17, 15) is 14.0 Å². The summed E-state index contributed by atoms with van der Waals surface area (Å²) in [7, 11) is 0. The fraction of sp³-hybridized carbons (Fsp3) is 0.333. The summed E-state index contributed by atoms with van der Waals surface area (Å²) in [4.78, 5) is 23.0. The Balaban J connectivity index is 1.56. The number of carboxylic acid groups (broad SMARTS) is 1. The van der Waals surface area contributed by atoms with E-state index in [4.69, 9.17) is 9.52 Å². The summed E-state index contributed by atoms with van der Waals surface area (Å²) < 4.78 is 19.3. The molecule has 2 N–H and O–H groups in total. The van der Waals surface area contributed by atoms with E-state index in [-0.39, 0.29) is 24.1 Å². The van der Waals surface area contributed by atoms with Gasteiger partial charge < -0.3 is 14.8 Å². The lowest BCUT2D eigenvalue weighted by Crippen LogP contribution is -2.42. The van der Waals surface area contributed by atoms with Crippen molar-refractivity contribution in [1.29, 1.82) is 0 Å².